The highest BCUT2D eigenvalue weighted by atomic mass is 16.3. The number of furan rings is 2. The van der Waals surface area contributed by atoms with E-state index in [4.69, 9.17) is 8.83 Å². The van der Waals surface area contributed by atoms with Crippen LogP contribution in [-0.2, 0) is 0 Å². The summed E-state index contributed by atoms with van der Waals surface area (Å²) in [4.78, 5) is 0. The van der Waals surface area contributed by atoms with E-state index < -0.39 is 0 Å². The maximum Gasteiger partial charge on any atom is 0.135 e. The first-order chi connectivity index (χ1) is 21.6. The molecule has 0 bridgehead atoms. The zero-order valence-electron chi connectivity index (χ0n) is 23.1. The van der Waals surface area contributed by atoms with Crippen molar-refractivity contribution in [3.05, 3.63) is 132 Å². The van der Waals surface area contributed by atoms with Crippen LogP contribution in [0.2, 0.25) is 0 Å². The molecular weight excluding hydrogens is 542 g/mol. The molecule has 5 heteroatoms. The van der Waals surface area contributed by atoms with Crippen LogP contribution in [0.1, 0.15) is 16.7 Å². The summed E-state index contributed by atoms with van der Waals surface area (Å²) in [5.74, 6) is 0. The number of rotatable bonds is 3. The first-order valence-electron chi connectivity index (χ1n) is 14.0. The minimum absolute atomic E-state index is 0.574. The van der Waals surface area contributed by atoms with E-state index in [9.17, 15) is 15.8 Å². The average Bonchev–Trinajstić information content (AvgIpc) is 3.64. The Kier molecular flexibility index (Phi) is 5.56. The van der Waals surface area contributed by atoms with Crippen LogP contribution in [0.5, 0.6) is 0 Å². The Hall–Kier alpha value is -6.61. The number of nitrogens with zero attached hydrogens (tertiary/aromatic N) is 3. The lowest BCUT2D eigenvalue weighted by Crippen LogP contribution is -1.90. The molecule has 0 aliphatic carbocycles. The van der Waals surface area contributed by atoms with Crippen LogP contribution in [-0.4, -0.2) is 0 Å². The van der Waals surface area contributed by atoms with Gasteiger partial charge in [0.2, 0.25) is 0 Å². The molecule has 0 saturated carbocycles. The monoisotopic (exact) mass is 561 g/mol. The van der Waals surface area contributed by atoms with Gasteiger partial charge in [0.1, 0.15) is 22.3 Å². The normalized spacial score (nSPS) is 11.1. The van der Waals surface area contributed by atoms with Crippen molar-refractivity contribution >= 4 is 43.9 Å². The van der Waals surface area contributed by atoms with E-state index in [0.29, 0.717) is 16.7 Å². The minimum atomic E-state index is 0.574. The number of fused-ring (bicyclic) bond motifs is 6. The third kappa shape index (κ3) is 3.92. The van der Waals surface area contributed by atoms with E-state index in [0.717, 1.165) is 77.3 Å². The minimum Gasteiger partial charge on any atom is -0.456 e. The van der Waals surface area contributed by atoms with Gasteiger partial charge in [-0.25, -0.2) is 0 Å². The van der Waals surface area contributed by atoms with Gasteiger partial charge in [-0.15, -0.1) is 0 Å². The van der Waals surface area contributed by atoms with Crippen molar-refractivity contribution in [2.45, 2.75) is 0 Å². The van der Waals surface area contributed by atoms with E-state index in [1.54, 1.807) is 12.1 Å². The first kappa shape index (κ1) is 25.1. The number of hydrogen-bond acceptors (Lipinski definition) is 5. The summed E-state index contributed by atoms with van der Waals surface area (Å²) in [5.41, 5.74) is 10.4. The van der Waals surface area contributed by atoms with Gasteiger partial charge in [-0.2, -0.15) is 15.8 Å². The molecule has 0 saturated heterocycles. The van der Waals surface area contributed by atoms with Crippen LogP contribution < -0.4 is 0 Å². The fraction of sp³-hybridized carbons (Fsp3) is 0. The van der Waals surface area contributed by atoms with Crippen LogP contribution >= 0.6 is 0 Å². The van der Waals surface area contributed by atoms with Gasteiger partial charge >= 0.3 is 0 Å². The predicted octanol–water partition coefficient (Wildman–Crippen LogP) is 10.1. The molecule has 0 aliphatic heterocycles. The molecular formula is C39H19N3O2. The summed E-state index contributed by atoms with van der Waals surface area (Å²) < 4.78 is 12.1. The Morgan fingerprint density at radius 3 is 1.50 bits per heavy atom. The molecule has 0 amide bonds. The highest BCUT2D eigenvalue weighted by Crippen LogP contribution is 2.41. The fourth-order valence-corrected chi connectivity index (χ4v) is 6.05. The van der Waals surface area contributed by atoms with Gasteiger partial charge in [-0.1, -0.05) is 42.5 Å². The maximum absolute atomic E-state index is 10.0. The molecule has 202 valence electrons. The zero-order valence-corrected chi connectivity index (χ0v) is 23.1. The predicted molar refractivity (Wildman–Crippen MR) is 171 cm³/mol. The van der Waals surface area contributed by atoms with Crippen LogP contribution in [0.4, 0.5) is 0 Å². The van der Waals surface area contributed by atoms with Crippen molar-refractivity contribution in [2.24, 2.45) is 0 Å². The van der Waals surface area contributed by atoms with Crippen molar-refractivity contribution in [1.82, 2.24) is 0 Å². The van der Waals surface area contributed by atoms with Crippen LogP contribution in [0.25, 0.3) is 77.3 Å². The van der Waals surface area contributed by atoms with Crippen molar-refractivity contribution < 1.29 is 8.83 Å². The Labute approximate surface area is 251 Å². The molecule has 5 nitrogen and oxygen atoms in total. The van der Waals surface area contributed by atoms with E-state index in [2.05, 4.69) is 48.5 Å². The summed E-state index contributed by atoms with van der Waals surface area (Å²) >= 11 is 0. The largest absolute Gasteiger partial charge is 0.456 e. The highest BCUT2D eigenvalue weighted by Gasteiger charge is 2.16. The number of benzene rings is 6. The van der Waals surface area contributed by atoms with Crippen LogP contribution in [0.3, 0.4) is 0 Å². The molecule has 0 unspecified atom stereocenters. The summed E-state index contributed by atoms with van der Waals surface area (Å²) in [6.45, 7) is 0. The topological polar surface area (TPSA) is 97.7 Å². The van der Waals surface area contributed by atoms with Gasteiger partial charge in [0.05, 0.1) is 34.9 Å². The summed E-state index contributed by atoms with van der Waals surface area (Å²) in [7, 11) is 0. The lowest BCUT2D eigenvalue weighted by Gasteiger charge is -2.14. The van der Waals surface area contributed by atoms with Gasteiger partial charge in [-0.05, 0) is 101 Å². The van der Waals surface area contributed by atoms with Crippen molar-refractivity contribution in [2.75, 3.05) is 0 Å². The lowest BCUT2D eigenvalue weighted by atomic mass is 9.88. The second-order valence-electron chi connectivity index (χ2n) is 10.7. The smallest absolute Gasteiger partial charge is 0.135 e. The summed E-state index contributed by atoms with van der Waals surface area (Å²) in [6.07, 6.45) is 0. The van der Waals surface area contributed by atoms with Crippen molar-refractivity contribution in [3.63, 3.8) is 0 Å². The molecule has 2 aromatic heterocycles. The average molecular weight is 562 g/mol. The van der Waals surface area contributed by atoms with Crippen molar-refractivity contribution in [3.8, 4) is 51.6 Å². The molecule has 8 aromatic rings. The molecule has 0 atom stereocenters. The van der Waals surface area contributed by atoms with E-state index in [1.165, 1.54) is 0 Å². The molecule has 0 radical (unpaired) electrons. The molecule has 6 aromatic carbocycles. The number of nitriles is 3. The van der Waals surface area contributed by atoms with Gasteiger partial charge in [0.25, 0.3) is 0 Å². The quantitative estimate of drug-likeness (QED) is 0.214. The molecule has 0 aliphatic rings. The van der Waals surface area contributed by atoms with E-state index >= 15 is 0 Å². The second kappa shape index (κ2) is 9.74. The van der Waals surface area contributed by atoms with Gasteiger partial charge in [0.15, 0.2) is 0 Å². The Bertz CT molecular complexity index is 2600. The van der Waals surface area contributed by atoms with Crippen molar-refractivity contribution in [1.29, 1.82) is 15.8 Å². The zero-order chi connectivity index (χ0) is 29.8. The Morgan fingerprint density at radius 1 is 0.386 bits per heavy atom. The molecule has 0 fully saturated rings. The molecule has 2 heterocycles. The van der Waals surface area contributed by atoms with Gasteiger partial charge in [0, 0.05) is 27.1 Å². The van der Waals surface area contributed by atoms with Crippen LogP contribution in [0, 0.1) is 34.0 Å². The maximum atomic E-state index is 10.0. The highest BCUT2D eigenvalue weighted by molar-refractivity contribution is 6.08. The third-order valence-corrected chi connectivity index (χ3v) is 8.20. The van der Waals surface area contributed by atoms with E-state index in [1.807, 2.05) is 72.8 Å². The lowest BCUT2D eigenvalue weighted by molar-refractivity contribution is 0.668. The van der Waals surface area contributed by atoms with Gasteiger partial charge < -0.3 is 8.83 Å². The molecule has 0 spiro atoms. The second-order valence-corrected chi connectivity index (χ2v) is 10.7. The fourth-order valence-electron chi connectivity index (χ4n) is 6.05. The SMILES string of the molecule is N#Cc1ccc2oc3ccc(-c4ccc(-c5ccc6oc7ccc(C#N)cc7c6c5)c(-c5ccccc5C#N)c4)cc3c2c1. The Balaban J connectivity index is 1.34. The third-order valence-electron chi connectivity index (χ3n) is 8.20. The van der Waals surface area contributed by atoms with Crippen LogP contribution in [0.15, 0.2) is 124 Å². The number of hydrogen-bond donors (Lipinski definition) is 0. The molecule has 0 N–H and O–H groups in total. The Morgan fingerprint density at radius 2 is 0.886 bits per heavy atom. The summed E-state index contributed by atoms with van der Waals surface area (Å²) in [5, 5.41) is 32.6. The standard InChI is InChI=1S/C39H19N3O2/c40-20-23-5-11-36-32(15-23)34-18-26(8-13-38(34)43-36)25-7-10-30(31(17-25)29-4-2-1-3-28(29)22-42)27-9-14-39-35(19-27)33-16-24(21-41)6-12-37(33)44-39/h1-19H. The van der Waals surface area contributed by atoms with E-state index in [-0.39, 0.29) is 0 Å². The molecule has 8 rings (SSSR count). The van der Waals surface area contributed by atoms with Gasteiger partial charge in [-0.3, -0.25) is 0 Å². The molecule has 44 heavy (non-hydrogen) atoms. The first-order valence-corrected chi connectivity index (χ1v) is 14.0. The summed E-state index contributed by atoms with van der Waals surface area (Å²) in [6, 6.07) is 43.8.